The maximum absolute atomic E-state index is 11.7. The SMILES string of the molecule is CCCC(C)NC(=O)COc1cc(C(=O)O)ccc1C. The molecule has 5 nitrogen and oxygen atoms in total. The Kier molecular flexibility index (Phi) is 6.03. The average Bonchev–Trinajstić information content (AvgIpc) is 2.37. The van der Waals surface area contributed by atoms with Gasteiger partial charge in [-0.3, -0.25) is 4.79 Å². The molecule has 0 spiro atoms. The number of carboxylic acid groups (broad SMARTS) is 1. The van der Waals surface area contributed by atoms with E-state index in [2.05, 4.69) is 12.2 Å². The summed E-state index contributed by atoms with van der Waals surface area (Å²) in [6, 6.07) is 4.72. The lowest BCUT2D eigenvalue weighted by Gasteiger charge is -2.14. The van der Waals surface area contributed by atoms with Gasteiger partial charge in [-0.15, -0.1) is 0 Å². The summed E-state index contributed by atoms with van der Waals surface area (Å²) < 4.78 is 5.39. The van der Waals surface area contributed by atoms with Gasteiger partial charge in [0.15, 0.2) is 6.61 Å². The number of aryl methyl sites for hydroxylation is 1. The standard InChI is InChI=1S/C15H21NO4/c1-4-5-11(3)16-14(17)9-20-13-8-12(15(18)19)7-6-10(13)2/h6-8,11H,4-5,9H2,1-3H3,(H,16,17)(H,18,19). The van der Waals surface area contributed by atoms with Gasteiger partial charge in [0.2, 0.25) is 0 Å². The molecule has 1 atom stereocenters. The van der Waals surface area contributed by atoms with Gasteiger partial charge in [-0.25, -0.2) is 4.79 Å². The summed E-state index contributed by atoms with van der Waals surface area (Å²) in [5.74, 6) is -0.801. The molecule has 0 radical (unpaired) electrons. The minimum absolute atomic E-state index is 0.113. The van der Waals surface area contributed by atoms with Crippen LogP contribution >= 0.6 is 0 Å². The number of rotatable bonds is 7. The van der Waals surface area contributed by atoms with Gasteiger partial charge < -0.3 is 15.2 Å². The molecule has 1 unspecified atom stereocenters. The third-order valence-electron chi connectivity index (χ3n) is 2.92. The van der Waals surface area contributed by atoms with Crippen molar-refractivity contribution in [2.75, 3.05) is 6.61 Å². The highest BCUT2D eigenvalue weighted by atomic mass is 16.5. The molecule has 20 heavy (non-hydrogen) atoms. The van der Waals surface area contributed by atoms with E-state index in [0.29, 0.717) is 5.75 Å². The molecule has 0 saturated carbocycles. The van der Waals surface area contributed by atoms with Gasteiger partial charge >= 0.3 is 5.97 Å². The topological polar surface area (TPSA) is 75.6 Å². The lowest BCUT2D eigenvalue weighted by Crippen LogP contribution is -2.36. The zero-order valence-electron chi connectivity index (χ0n) is 12.1. The lowest BCUT2D eigenvalue weighted by atomic mass is 10.1. The fraction of sp³-hybridized carbons (Fsp3) is 0.467. The number of nitrogens with one attached hydrogen (secondary N) is 1. The van der Waals surface area contributed by atoms with E-state index in [1.165, 1.54) is 12.1 Å². The van der Waals surface area contributed by atoms with E-state index in [9.17, 15) is 9.59 Å². The zero-order valence-corrected chi connectivity index (χ0v) is 12.1. The van der Waals surface area contributed by atoms with Crippen molar-refractivity contribution in [2.24, 2.45) is 0 Å². The van der Waals surface area contributed by atoms with Crippen LogP contribution in [0, 0.1) is 6.92 Å². The van der Waals surface area contributed by atoms with Crippen LogP contribution in [0.5, 0.6) is 5.75 Å². The van der Waals surface area contributed by atoms with Crippen LogP contribution in [0.25, 0.3) is 0 Å². The van der Waals surface area contributed by atoms with Gasteiger partial charge in [-0.2, -0.15) is 0 Å². The number of carbonyl (C=O) groups is 2. The molecule has 1 aromatic rings. The third kappa shape index (κ3) is 4.91. The first-order valence-electron chi connectivity index (χ1n) is 6.70. The Morgan fingerprint density at radius 2 is 2.10 bits per heavy atom. The lowest BCUT2D eigenvalue weighted by molar-refractivity contribution is -0.123. The second-order valence-electron chi connectivity index (χ2n) is 4.83. The van der Waals surface area contributed by atoms with E-state index in [1.807, 2.05) is 6.92 Å². The molecule has 110 valence electrons. The van der Waals surface area contributed by atoms with Crippen LogP contribution in [0.2, 0.25) is 0 Å². The molecule has 5 heteroatoms. The number of hydrogen-bond donors (Lipinski definition) is 2. The summed E-state index contributed by atoms with van der Waals surface area (Å²) in [7, 11) is 0. The summed E-state index contributed by atoms with van der Waals surface area (Å²) >= 11 is 0. The predicted molar refractivity (Wildman–Crippen MR) is 76.1 cm³/mol. The van der Waals surface area contributed by atoms with Crippen LogP contribution in [0.1, 0.15) is 42.6 Å². The normalized spacial score (nSPS) is 11.8. The van der Waals surface area contributed by atoms with E-state index in [1.54, 1.807) is 13.0 Å². The first-order chi connectivity index (χ1) is 9.43. The summed E-state index contributed by atoms with van der Waals surface area (Å²) in [6.45, 7) is 5.69. The van der Waals surface area contributed by atoms with Gasteiger partial charge in [0, 0.05) is 6.04 Å². The van der Waals surface area contributed by atoms with Crippen LogP contribution in [-0.4, -0.2) is 29.6 Å². The van der Waals surface area contributed by atoms with E-state index in [-0.39, 0.29) is 24.1 Å². The van der Waals surface area contributed by atoms with Crippen LogP contribution in [0.4, 0.5) is 0 Å². The van der Waals surface area contributed by atoms with Gasteiger partial charge in [0.25, 0.3) is 5.91 Å². The van der Waals surface area contributed by atoms with E-state index < -0.39 is 5.97 Å². The Morgan fingerprint density at radius 3 is 2.70 bits per heavy atom. The number of hydrogen-bond acceptors (Lipinski definition) is 3. The molecule has 0 saturated heterocycles. The maximum atomic E-state index is 11.7. The molecule has 0 aliphatic carbocycles. The van der Waals surface area contributed by atoms with E-state index in [0.717, 1.165) is 18.4 Å². The molecule has 0 aliphatic heterocycles. The zero-order chi connectivity index (χ0) is 15.1. The van der Waals surface area contributed by atoms with Crippen LogP contribution < -0.4 is 10.1 Å². The summed E-state index contributed by atoms with van der Waals surface area (Å²) in [5.41, 5.74) is 0.940. The summed E-state index contributed by atoms with van der Waals surface area (Å²) in [5, 5.41) is 11.7. The molecule has 1 amide bonds. The minimum atomic E-state index is -1.02. The quantitative estimate of drug-likeness (QED) is 0.803. The fourth-order valence-electron chi connectivity index (χ4n) is 1.85. The molecule has 0 fully saturated rings. The molecular formula is C15H21NO4. The second kappa shape index (κ2) is 7.53. The molecule has 0 heterocycles. The monoisotopic (exact) mass is 279 g/mol. The van der Waals surface area contributed by atoms with Crippen molar-refractivity contribution in [2.45, 2.75) is 39.7 Å². The molecule has 1 aromatic carbocycles. The van der Waals surface area contributed by atoms with Crippen molar-refractivity contribution in [1.29, 1.82) is 0 Å². The van der Waals surface area contributed by atoms with Gasteiger partial charge in [-0.05, 0) is 38.0 Å². The number of ether oxygens (including phenoxy) is 1. The fourth-order valence-corrected chi connectivity index (χ4v) is 1.85. The van der Waals surface area contributed by atoms with Gasteiger partial charge in [0.1, 0.15) is 5.75 Å². The van der Waals surface area contributed by atoms with Crippen molar-refractivity contribution in [3.8, 4) is 5.75 Å². The predicted octanol–water partition coefficient (Wildman–Crippen LogP) is 2.38. The molecule has 1 rings (SSSR count). The van der Waals surface area contributed by atoms with Crippen molar-refractivity contribution in [3.63, 3.8) is 0 Å². The van der Waals surface area contributed by atoms with Gasteiger partial charge in [-0.1, -0.05) is 19.4 Å². The number of aromatic carboxylic acids is 1. The summed E-state index contributed by atoms with van der Waals surface area (Å²) in [4.78, 5) is 22.6. The number of carbonyl (C=O) groups excluding carboxylic acids is 1. The van der Waals surface area contributed by atoms with E-state index in [4.69, 9.17) is 9.84 Å². The van der Waals surface area contributed by atoms with Crippen LogP contribution in [0.15, 0.2) is 18.2 Å². The largest absolute Gasteiger partial charge is 0.483 e. The second-order valence-corrected chi connectivity index (χ2v) is 4.83. The molecule has 0 bridgehead atoms. The Bertz CT molecular complexity index is 485. The minimum Gasteiger partial charge on any atom is -0.483 e. The van der Waals surface area contributed by atoms with Gasteiger partial charge in [0.05, 0.1) is 5.56 Å². The number of carboxylic acids is 1. The first-order valence-corrected chi connectivity index (χ1v) is 6.70. The van der Waals surface area contributed by atoms with Crippen molar-refractivity contribution in [3.05, 3.63) is 29.3 Å². The van der Waals surface area contributed by atoms with Crippen molar-refractivity contribution in [1.82, 2.24) is 5.32 Å². The Hall–Kier alpha value is -2.04. The number of amides is 1. The maximum Gasteiger partial charge on any atom is 0.335 e. The molecule has 0 aromatic heterocycles. The third-order valence-corrected chi connectivity index (χ3v) is 2.92. The highest BCUT2D eigenvalue weighted by Crippen LogP contribution is 2.19. The Balaban J connectivity index is 2.59. The summed E-state index contributed by atoms with van der Waals surface area (Å²) in [6.07, 6.45) is 1.92. The first kappa shape index (κ1) is 16.0. The molecule has 2 N–H and O–H groups in total. The Morgan fingerprint density at radius 1 is 1.40 bits per heavy atom. The molecule has 0 aliphatic rings. The van der Waals surface area contributed by atoms with Crippen LogP contribution in [-0.2, 0) is 4.79 Å². The highest BCUT2D eigenvalue weighted by molar-refractivity contribution is 5.88. The number of benzene rings is 1. The van der Waals surface area contributed by atoms with E-state index >= 15 is 0 Å². The highest BCUT2D eigenvalue weighted by Gasteiger charge is 2.10. The smallest absolute Gasteiger partial charge is 0.335 e. The van der Waals surface area contributed by atoms with Crippen molar-refractivity contribution < 1.29 is 19.4 Å². The molecular weight excluding hydrogens is 258 g/mol. The average molecular weight is 279 g/mol. The van der Waals surface area contributed by atoms with Crippen LogP contribution in [0.3, 0.4) is 0 Å². The van der Waals surface area contributed by atoms with Crippen molar-refractivity contribution >= 4 is 11.9 Å². The Labute approximate surface area is 118 Å².